The van der Waals surface area contributed by atoms with Crippen LogP contribution in [-0.2, 0) is 22.6 Å². The van der Waals surface area contributed by atoms with E-state index in [-0.39, 0.29) is 12.5 Å². The Hall–Kier alpha value is -2.70. The van der Waals surface area contributed by atoms with E-state index in [4.69, 9.17) is 16.3 Å². The summed E-state index contributed by atoms with van der Waals surface area (Å²) in [6.07, 6.45) is 0.929. The summed E-state index contributed by atoms with van der Waals surface area (Å²) >= 11 is 7.33. The maximum Gasteiger partial charge on any atom is 0.340 e. The molecule has 3 aromatic rings. The first-order chi connectivity index (χ1) is 13.5. The molecule has 0 unspecified atom stereocenters. The zero-order chi connectivity index (χ0) is 20.1. The van der Waals surface area contributed by atoms with E-state index in [2.05, 4.69) is 11.9 Å². The topological polar surface area (TPSA) is 59.5 Å². The second-order valence-corrected chi connectivity index (χ2v) is 7.30. The number of benzene rings is 2. The van der Waals surface area contributed by atoms with E-state index in [0.717, 1.165) is 12.1 Å². The summed E-state index contributed by atoms with van der Waals surface area (Å²) in [5.41, 5.74) is 2.81. The lowest BCUT2D eigenvalue weighted by Crippen LogP contribution is -2.22. The van der Waals surface area contributed by atoms with Crippen molar-refractivity contribution in [3.8, 4) is 0 Å². The molecule has 7 heteroatoms. The zero-order valence-corrected chi connectivity index (χ0v) is 17.1. The lowest BCUT2D eigenvalue weighted by Gasteiger charge is -2.18. The minimum Gasteiger partial charge on any atom is -0.456 e. The molecule has 28 heavy (non-hydrogen) atoms. The van der Waals surface area contributed by atoms with Gasteiger partial charge in [-0.1, -0.05) is 42.8 Å². The van der Waals surface area contributed by atoms with Crippen LogP contribution in [0.15, 0.2) is 53.9 Å². The molecule has 1 amide bonds. The van der Waals surface area contributed by atoms with E-state index in [1.54, 1.807) is 34.5 Å². The standard InChI is InChI=1S/C21H19ClN2O3S/c1-3-15-8-10-17(11-9-15)24(14(2)25)21-23-16(13-28-21)12-27-20(26)18-6-4-5-7-19(18)22/h4-11,13H,3,12H2,1-2H3. The molecule has 144 valence electrons. The average Bonchev–Trinajstić information content (AvgIpc) is 3.15. The van der Waals surface area contributed by atoms with E-state index in [1.165, 1.54) is 23.8 Å². The van der Waals surface area contributed by atoms with E-state index < -0.39 is 5.97 Å². The monoisotopic (exact) mass is 414 g/mol. The van der Waals surface area contributed by atoms with Gasteiger partial charge >= 0.3 is 5.97 Å². The Bertz CT molecular complexity index is 985. The SMILES string of the molecule is CCc1ccc(N(C(C)=O)c2nc(COC(=O)c3ccccc3Cl)cs2)cc1. The molecule has 1 aromatic heterocycles. The molecular weight excluding hydrogens is 396 g/mol. The molecule has 0 bridgehead atoms. The number of aryl methyl sites for hydroxylation is 1. The first-order valence-electron chi connectivity index (χ1n) is 8.75. The zero-order valence-electron chi connectivity index (χ0n) is 15.5. The number of carbonyl (C=O) groups excluding carboxylic acids is 2. The fourth-order valence-corrected chi connectivity index (χ4v) is 3.70. The fourth-order valence-electron chi connectivity index (χ4n) is 2.62. The van der Waals surface area contributed by atoms with Gasteiger partial charge in [0.15, 0.2) is 5.13 Å². The van der Waals surface area contributed by atoms with Crippen LogP contribution in [0.2, 0.25) is 5.02 Å². The van der Waals surface area contributed by atoms with Crippen molar-refractivity contribution in [3.63, 3.8) is 0 Å². The van der Waals surface area contributed by atoms with Gasteiger partial charge in [-0.25, -0.2) is 9.78 Å². The first-order valence-corrected chi connectivity index (χ1v) is 10.0. The molecule has 0 spiro atoms. The lowest BCUT2D eigenvalue weighted by molar-refractivity contribution is -0.115. The van der Waals surface area contributed by atoms with Crippen molar-refractivity contribution in [1.29, 1.82) is 0 Å². The molecule has 0 saturated carbocycles. The summed E-state index contributed by atoms with van der Waals surface area (Å²) in [6.45, 7) is 3.57. The molecule has 0 fully saturated rings. The molecule has 3 rings (SSSR count). The molecular formula is C21H19ClN2O3S. The maximum absolute atomic E-state index is 12.2. The van der Waals surface area contributed by atoms with Crippen molar-refractivity contribution < 1.29 is 14.3 Å². The quantitative estimate of drug-likeness (QED) is 0.506. The van der Waals surface area contributed by atoms with E-state index >= 15 is 0 Å². The second kappa shape index (κ2) is 8.99. The van der Waals surface area contributed by atoms with E-state index in [1.807, 2.05) is 24.3 Å². The van der Waals surface area contributed by atoms with Gasteiger partial charge in [-0.15, -0.1) is 11.3 Å². The highest BCUT2D eigenvalue weighted by atomic mass is 35.5. The number of anilines is 2. The van der Waals surface area contributed by atoms with E-state index in [0.29, 0.717) is 21.4 Å². The predicted molar refractivity (Wildman–Crippen MR) is 111 cm³/mol. The summed E-state index contributed by atoms with van der Waals surface area (Å²) in [6, 6.07) is 14.5. The van der Waals surface area contributed by atoms with E-state index in [9.17, 15) is 9.59 Å². The van der Waals surface area contributed by atoms with Crippen LogP contribution in [0.25, 0.3) is 0 Å². The highest BCUT2D eigenvalue weighted by molar-refractivity contribution is 7.14. The number of amides is 1. The van der Waals surface area contributed by atoms with Gasteiger partial charge in [-0.3, -0.25) is 9.69 Å². The molecule has 0 N–H and O–H groups in total. The molecule has 0 radical (unpaired) electrons. The minimum absolute atomic E-state index is 0.00107. The fraction of sp³-hybridized carbons (Fsp3) is 0.190. The molecule has 0 atom stereocenters. The third-order valence-corrected chi connectivity index (χ3v) is 5.30. The summed E-state index contributed by atoms with van der Waals surface area (Å²) in [5, 5.41) is 2.64. The highest BCUT2D eigenvalue weighted by Gasteiger charge is 2.19. The van der Waals surface area contributed by atoms with Gasteiger partial charge in [0.1, 0.15) is 6.61 Å². The molecule has 1 heterocycles. The number of hydrogen-bond donors (Lipinski definition) is 0. The Kier molecular flexibility index (Phi) is 6.44. The number of hydrogen-bond acceptors (Lipinski definition) is 5. The van der Waals surface area contributed by atoms with Crippen LogP contribution in [0.4, 0.5) is 10.8 Å². The molecule has 2 aromatic carbocycles. The Morgan fingerprint density at radius 1 is 1.14 bits per heavy atom. The molecule has 0 aliphatic rings. The number of ether oxygens (including phenoxy) is 1. The Balaban J connectivity index is 1.73. The van der Waals surface area contributed by atoms with Crippen LogP contribution in [0.3, 0.4) is 0 Å². The van der Waals surface area contributed by atoms with Gasteiger partial charge in [-0.2, -0.15) is 0 Å². The van der Waals surface area contributed by atoms with Crippen molar-refractivity contribution in [1.82, 2.24) is 4.98 Å². The predicted octanol–water partition coefficient (Wildman–Crippen LogP) is 5.40. The van der Waals surface area contributed by atoms with Gasteiger partial charge in [0.05, 0.1) is 22.0 Å². The largest absolute Gasteiger partial charge is 0.456 e. The number of thiazole rings is 1. The smallest absolute Gasteiger partial charge is 0.340 e. The molecule has 5 nitrogen and oxygen atoms in total. The first kappa shape index (κ1) is 20.0. The highest BCUT2D eigenvalue weighted by Crippen LogP contribution is 2.29. The van der Waals surface area contributed by atoms with Gasteiger partial charge in [0.25, 0.3) is 0 Å². The third-order valence-electron chi connectivity index (χ3n) is 4.09. The number of carbonyl (C=O) groups is 2. The van der Waals surface area contributed by atoms with Gasteiger partial charge in [0.2, 0.25) is 5.91 Å². The molecule has 0 saturated heterocycles. The second-order valence-electron chi connectivity index (χ2n) is 6.05. The Morgan fingerprint density at radius 3 is 2.50 bits per heavy atom. The summed E-state index contributed by atoms with van der Waals surface area (Å²) in [7, 11) is 0. The van der Waals surface area contributed by atoms with Crippen LogP contribution < -0.4 is 4.90 Å². The summed E-state index contributed by atoms with van der Waals surface area (Å²) < 4.78 is 5.30. The third kappa shape index (κ3) is 4.58. The molecule has 0 aliphatic carbocycles. The number of halogens is 1. The lowest BCUT2D eigenvalue weighted by atomic mass is 10.1. The van der Waals surface area contributed by atoms with Crippen LogP contribution in [0.5, 0.6) is 0 Å². The Morgan fingerprint density at radius 2 is 1.86 bits per heavy atom. The van der Waals surface area contributed by atoms with Gasteiger partial charge in [0, 0.05) is 12.3 Å². The number of rotatable bonds is 6. The Labute approximate surface area is 172 Å². The maximum atomic E-state index is 12.2. The summed E-state index contributed by atoms with van der Waals surface area (Å²) in [4.78, 5) is 30.4. The van der Waals surface area contributed by atoms with Gasteiger partial charge in [-0.05, 0) is 36.2 Å². The molecule has 0 aliphatic heterocycles. The van der Waals surface area contributed by atoms with Gasteiger partial charge < -0.3 is 4.74 Å². The van der Waals surface area contributed by atoms with Crippen LogP contribution in [-0.4, -0.2) is 16.9 Å². The van der Waals surface area contributed by atoms with Crippen LogP contribution >= 0.6 is 22.9 Å². The minimum atomic E-state index is -0.515. The van der Waals surface area contributed by atoms with Crippen molar-refractivity contribution >= 4 is 45.6 Å². The van der Waals surface area contributed by atoms with Crippen molar-refractivity contribution in [2.24, 2.45) is 0 Å². The number of esters is 1. The van der Waals surface area contributed by atoms with Crippen LogP contribution in [0, 0.1) is 0 Å². The van der Waals surface area contributed by atoms with Crippen molar-refractivity contribution in [3.05, 3.63) is 75.8 Å². The number of aromatic nitrogens is 1. The normalized spacial score (nSPS) is 10.5. The van der Waals surface area contributed by atoms with Crippen LogP contribution in [0.1, 0.15) is 35.5 Å². The van der Waals surface area contributed by atoms with Crippen molar-refractivity contribution in [2.45, 2.75) is 26.9 Å². The van der Waals surface area contributed by atoms with Crippen molar-refractivity contribution in [2.75, 3.05) is 4.90 Å². The number of nitrogens with zero attached hydrogens (tertiary/aromatic N) is 2. The summed E-state index contributed by atoms with van der Waals surface area (Å²) in [5.74, 6) is -0.656. The average molecular weight is 415 g/mol.